The summed E-state index contributed by atoms with van der Waals surface area (Å²) in [5, 5.41) is 2.50. The lowest BCUT2D eigenvalue weighted by Crippen LogP contribution is -2.19. The zero-order valence-electron chi connectivity index (χ0n) is 18.6. The molecule has 0 heterocycles. The van der Waals surface area contributed by atoms with Gasteiger partial charge in [-0.2, -0.15) is 0 Å². The van der Waals surface area contributed by atoms with Gasteiger partial charge in [-0.1, -0.05) is 20.8 Å². The van der Waals surface area contributed by atoms with Gasteiger partial charge in [0.05, 0.1) is 72.7 Å². The molecule has 0 saturated heterocycles. The summed E-state index contributed by atoms with van der Waals surface area (Å²) in [6.07, 6.45) is 0.641. The van der Waals surface area contributed by atoms with E-state index in [1.54, 1.807) is 0 Å². The Kier molecular flexibility index (Phi) is 27.9. The Labute approximate surface area is 175 Å². The molecule has 0 aliphatic rings. The second kappa shape index (κ2) is 26.9. The molecule has 0 spiro atoms. The van der Waals surface area contributed by atoms with Gasteiger partial charge in [0.2, 0.25) is 6.41 Å². The molecule has 174 valence electrons. The van der Waals surface area contributed by atoms with Crippen molar-refractivity contribution in [3.63, 3.8) is 0 Å². The summed E-state index contributed by atoms with van der Waals surface area (Å²) >= 11 is 0. The summed E-state index contributed by atoms with van der Waals surface area (Å²) in [6.45, 7) is 13.9. The van der Waals surface area contributed by atoms with Crippen molar-refractivity contribution in [2.24, 2.45) is 5.92 Å². The maximum atomic E-state index is 10.6. The van der Waals surface area contributed by atoms with E-state index in [0.29, 0.717) is 85.6 Å². The van der Waals surface area contributed by atoms with Gasteiger partial charge < -0.3 is 33.7 Å². The predicted octanol–water partition coefficient (Wildman–Crippen LogP) is 1.08. The maximum Gasteiger partial charge on any atom is 0.207 e. The number of rotatable bonds is 21. The van der Waals surface area contributed by atoms with Gasteiger partial charge >= 0.3 is 0 Å². The maximum absolute atomic E-state index is 10.6. The molecule has 9 heteroatoms. The topological polar surface area (TPSA) is 102 Å². The van der Waals surface area contributed by atoms with Crippen molar-refractivity contribution in [1.82, 2.24) is 5.32 Å². The fraction of sp³-hybridized carbons (Fsp3) is 0.900. The Morgan fingerprint density at radius 1 is 0.690 bits per heavy atom. The van der Waals surface area contributed by atoms with E-state index in [1.165, 1.54) is 6.92 Å². The number of carbonyl (C=O) groups is 2. The molecule has 0 bridgehead atoms. The van der Waals surface area contributed by atoms with Gasteiger partial charge in [0.25, 0.3) is 0 Å². The van der Waals surface area contributed by atoms with E-state index in [2.05, 4.69) is 26.1 Å². The first-order valence-corrected chi connectivity index (χ1v) is 10.1. The van der Waals surface area contributed by atoms with Gasteiger partial charge in [0.15, 0.2) is 5.78 Å². The minimum atomic E-state index is 0.00528. The Morgan fingerprint density at radius 3 is 1.31 bits per heavy atom. The molecule has 0 unspecified atom stereocenters. The van der Waals surface area contributed by atoms with Crippen LogP contribution in [0.1, 0.15) is 27.7 Å². The molecular formula is C20H41NO8. The number of Topliss-reactive ketones (excluding diaryl/α,β-unsaturated/α-hetero) is 1. The highest BCUT2D eigenvalue weighted by atomic mass is 16.6. The number of hydrogen-bond donors (Lipinski definition) is 1. The van der Waals surface area contributed by atoms with Crippen molar-refractivity contribution < 1.29 is 38.0 Å². The number of amides is 1. The second-order valence-electron chi connectivity index (χ2n) is 6.62. The van der Waals surface area contributed by atoms with Crippen LogP contribution < -0.4 is 5.32 Å². The lowest BCUT2D eigenvalue weighted by Gasteiger charge is -2.08. The molecule has 0 aliphatic heterocycles. The predicted molar refractivity (Wildman–Crippen MR) is 110 cm³/mol. The lowest BCUT2D eigenvalue weighted by atomic mass is 10.3. The molecule has 29 heavy (non-hydrogen) atoms. The van der Waals surface area contributed by atoms with Crippen LogP contribution in [0.15, 0.2) is 0 Å². The molecule has 1 amide bonds. The number of carbonyl (C=O) groups excluding carboxylic acids is 2. The number of hydrogen-bond acceptors (Lipinski definition) is 8. The van der Waals surface area contributed by atoms with E-state index in [1.807, 2.05) is 0 Å². The minimum absolute atomic E-state index is 0.00528. The average molecular weight is 424 g/mol. The van der Waals surface area contributed by atoms with Gasteiger partial charge in [-0.3, -0.25) is 9.59 Å². The van der Waals surface area contributed by atoms with Gasteiger partial charge in [0.1, 0.15) is 6.61 Å². The molecule has 1 N–H and O–H groups in total. The third kappa shape index (κ3) is 38.2. The van der Waals surface area contributed by atoms with Crippen LogP contribution in [0.25, 0.3) is 0 Å². The fourth-order valence-corrected chi connectivity index (χ4v) is 1.51. The summed E-state index contributed by atoms with van der Waals surface area (Å²) in [7, 11) is 0. The van der Waals surface area contributed by atoms with Crippen molar-refractivity contribution in [2.45, 2.75) is 27.7 Å². The van der Waals surface area contributed by atoms with Crippen LogP contribution in [-0.2, 0) is 38.0 Å². The van der Waals surface area contributed by atoms with E-state index >= 15 is 0 Å². The molecule has 0 rings (SSSR count). The molecule has 0 aromatic carbocycles. The highest BCUT2D eigenvalue weighted by Crippen LogP contribution is 1.85. The monoisotopic (exact) mass is 423 g/mol. The molecule has 0 aliphatic carbocycles. The first-order valence-electron chi connectivity index (χ1n) is 10.1. The summed E-state index contributed by atoms with van der Waals surface area (Å²) in [5.41, 5.74) is 0. The molecule has 0 fully saturated rings. The quantitative estimate of drug-likeness (QED) is 0.216. The molecule has 0 aromatic rings. The van der Waals surface area contributed by atoms with Crippen LogP contribution in [0.4, 0.5) is 0 Å². The third-order valence-corrected chi connectivity index (χ3v) is 2.64. The number of nitrogens with one attached hydrogen (secondary N) is 1. The molecule has 9 nitrogen and oxygen atoms in total. The first-order chi connectivity index (χ1) is 14.0. The third-order valence-electron chi connectivity index (χ3n) is 2.64. The standard InChI is InChI=1S/C16H31NO8.C4H10/c1-16(19)14-25-13-12-24-11-10-23-9-8-22-7-6-21-5-4-20-3-2-17-15-18;1-4(2)3/h15H,2-14H2,1H3,(H,17,18);4H,1-3H3. The van der Waals surface area contributed by atoms with Gasteiger partial charge in [-0.25, -0.2) is 0 Å². The normalized spacial score (nSPS) is 10.5. The Balaban J connectivity index is 0. The molecule has 0 saturated carbocycles. The summed E-state index contributed by atoms with van der Waals surface area (Å²) < 4.78 is 31.5. The van der Waals surface area contributed by atoms with Gasteiger partial charge in [-0.05, 0) is 12.8 Å². The van der Waals surface area contributed by atoms with E-state index in [9.17, 15) is 9.59 Å². The Hall–Kier alpha value is -1.10. The second-order valence-corrected chi connectivity index (χ2v) is 6.62. The zero-order valence-corrected chi connectivity index (χ0v) is 18.6. The summed E-state index contributed by atoms with van der Waals surface area (Å²) in [4.78, 5) is 20.6. The molecule has 0 atom stereocenters. The average Bonchev–Trinajstić information content (AvgIpc) is 2.66. The Morgan fingerprint density at radius 2 is 1.00 bits per heavy atom. The fourth-order valence-electron chi connectivity index (χ4n) is 1.51. The molecule has 0 aromatic heterocycles. The lowest BCUT2D eigenvalue weighted by molar-refractivity contribution is -0.122. The van der Waals surface area contributed by atoms with Crippen molar-refractivity contribution >= 4 is 12.2 Å². The van der Waals surface area contributed by atoms with Gasteiger partial charge in [0, 0.05) is 6.54 Å². The first kappa shape index (κ1) is 30.1. The number of ether oxygens (including phenoxy) is 6. The van der Waals surface area contributed by atoms with Crippen molar-refractivity contribution in [3.05, 3.63) is 0 Å². The smallest absolute Gasteiger partial charge is 0.207 e. The van der Waals surface area contributed by atoms with Crippen molar-refractivity contribution in [1.29, 1.82) is 0 Å². The molecule has 0 radical (unpaired) electrons. The van der Waals surface area contributed by atoms with Crippen LogP contribution >= 0.6 is 0 Å². The van der Waals surface area contributed by atoms with Crippen LogP contribution in [0.3, 0.4) is 0 Å². The highest BCUT2D eigenvalue weighted by molar-refractivity contribution is 5.76. The van der Waals surface area contributed by atoms with E-state index in [4.69, 9.17) is 28.4 Å². The SMILES string of the molecule is CC(=O)COCCOCCOCCOCCOCCOCCNC=O.CC(C)C. The Bertz CT molecular complexity index is 340. The van der Waals surface area contributed by atoms with Gasteiger partial charge in [-0.15, -0.1) is 0 Å². The molecular weight excluding hydrogens is 382 g/mol. The van der Waals surface area contributed by atoms with Crippen LogP contribution in [0.5, 0.6) is 0 Å². The highest BCUT2D eigenvalue weighted by Gasteiger charge is 1.95. The van der Waals surface area contributed by atoms with E-state index < -0.39 is 0 Å². The number of ketones is 1. The van der Waals surface area contributed by atoms with Crippen LogP contribution in [-0.4, -0.2) is 98.0 Å². The minimum Gasteiger partial charge on any atom is -0.377 e. The summed E-state index contributed by atoms with van der Waals surface area (Å²) in [6, 6.07) is 0. The van der Waals surface area contributed by atoms with E-state index in [0.717, 1.165) is 5.92 Å². The zero-order chi connectivity index (χ0) is 22.0. The summed E-state index contributed by atoms with van der Waals surface area (Å²) in [5.74, 6) is 0.839. The van der Waals surface area contributed by atoms with Crippen molar-refractivity contribution in [2.75, 3.05) is 85.8 Å². The van der Waals surface area contributed by atoms with Crippen LogP contribution in [0, 0.1) is 5.92 Å². The largest absolute Gasteiger partial charge is 0.377 e. The van der Waals surface area contributed by atoms with Crippen LogP contribution in [0.2, 0.25) is 0 Å². The van der Waals surface area contributed by atoms with E-state index in [-0.39, 0.29) is 12.4 Å². The van der Waals surface area contributed by atoms with Crippen molar-refractivity contribution in [3.8, 4) is 0 Å².